The predicted molar refractivity (Wildman–Crippen MR) is 60.1 cm³/mol. The zero-order valence-electron chi connectivity index (χ0n) is 8.84. The second-order valence-electron chi connectivity index (χ2n) is 3.22. The Kier molecular flexibility index (Phi) is 3.79. The van der Waals surface area contributed by atoms with Crippen molar-refractivity contribution in [1.29, 1.82) is 0 Å². The van der Waals surface area contributed by atoms with Crippen molar-refractivity contribution in [2.45, 2.75) is 19.9 Å². The van der Waals surface area contributed by atoms with Gasteiger partial charge in [-0.2, -0.15) is 5.10 Å². The SMILES string of the molecule is C=CNc1c(C=NC=O)cnn1C(C)C. The summed E-state index contributed by atoms with van der Waals surface area (Å²) in [4.78, 5) is 13.6. The van der Waals surface area contributed by atoms with Gasteiger partial charge in [-0.1, -0.05) is 6.58 Å². The van der Waals surface area contributed by atoms with Crippen molar-refractivity contribution in [3.63, 3.8) is 0 Å². The Morgan fingerprint density at radius 1 is 1.67 bits per heavy atom. The maximum Gasteiger partial charge on any atom is 0.232 e. The first kappa shape index (κ1) is 11.2. The Hall–Kier alpha value is -1.91. The van der Waals surface area contributed by atoms with Crippen LogP contribution < -0.4 is 5.32 Å². The molecule has 0 aliphatic carbocycles. The first-order chi connectivity index (χ1) is 7.20. The third-order valence-electron chi connectivity index (χ3n) is 1.83. The number of anilines is 1. The van der Waals surface area contributed by atoms with Gasteiger partial charge >= 0.3 is 0 Å². The summed E-state index contributed by atoms with van der Waals surface area (Å²) in [6.45, 7) is 7.62. The van der Waals surface area contributed by atoms with Crippen molar-refractivity contribution < 1.29 is 4.79 Å². The molecule has 0 fully saturated rings. The molecule has 80 valence electrons. The van der Waals surface area contributed by atoms with E-state index in [0.29, 0.717) is 6.41 Å². The lowest BCUT2D eigenvalue weighted by molar-refractivity contribution is -0.106. The predicted octanol–water partition coefficient (Wildman–Crippen LogP) is 1.59. The van der Waals surface area contributed by atoms with Gasteiger partial charge in [0.2, 0.25) is 6.41 Å². The number of carbonyl (C=O) groups is 1. The van der Waals surface area contributed by atoms with Crippen molar-refractivity contribution in [2.75, 3.05) is 5.32 Å². The molecule has 1 amide bonds. The molecule has 15 heavy (non-hydrogen) atoms. The van der Waals surface area contributed by atoms with Gasteiger partial charge in [0.25, 0.3) is 0 Å². The van der Waals surface area contributed by atoms with Crippen LogP contribution in [0.5, 0.6) is 0 Å². The third-order valence-corrected chi connectivity index (χ3v) is 1.83. The van der Waals surface area contributed by atoms with E-state index in [2.05, 4.69) is 22.0 Å². The molecule has 1 aromatic heterocycles. The number of hydrogen-bond acceptors (Lipinski definition) is 3. The smallest absolute Gasteiger partial charge is 0.232 e. The quantitative estimate of drug-likeness (QED) is 0.588. The molecule has 1 N–H and O–H groups in total. The zero-order chi connectivity index (χ0) is 11.3. The molecule has 5 heteroatoms. The van der Waals surface area contributed by atoms with Crippen molar-refractivity contribution in [3.8, 4) is 0 Å². The lowest BCUT2D eigenvalue weighted by Crippen LogP contribution is -2.07. The summed E-state index contributed by atoms with van der Waals surface area (Å²) in [5, 5.41) is 7.16. The molecule has 1 rings (SSSR count). The molecule has 0 unspecified atom stereocenters. The number of aromatic nitrogens is 2. The van der Waals surface area contributed by atoms with Crippen LogP contribution in [0, 0.1) is 0 Å². The van der Waals surface area contributed by atoms with E-state index in [-0.39, 0.29) is 6.04 Å². The highest BCUT2D eigenvalue weighted by molar-refractivity contribution is 5.90. The number of hydrogen-bond donors (Lipinski definition) is 1. The molecule has 0 aliphatic heterocycles. The lowest BCUT2D eigenvalue weighted by Gasteiger charge is -2.10. The highest BCUT2D eigenvalue weighted by Gasteiger charge is 2.09. The summed E-state index contributed by atoms with van der Waals surface area (Å²) in [5.74, 6) is 0.783. The van der Waals surface area contributed by atoms with Crippen LogP contribution in [-0.2, 0) is 4.79 Å². The summed E-state index contributed by atoms with van der Waals surface area (Å²) in [5.41, 5.74) is 0.760. The van der Waals surface area contributed by atoms with Gasteiger partial charge in [0.15, 0.2) is 0 Å². The summed E-state index contributed by atoms with van der Waals surface area (Å²) < 4.78 is 1.80. The normalized spacial score (nSPS) is 10.9. The molecule has 0 atom stereocenters. The Bertz CT molecular complexity index is 379. The summed E-state index contributed by atoms with van der Waals surface area (Å²) in [6.07, 6.45) is 5.17. The largest absolute Gasteiger partial charge is 0.347 e. The summed E-state index contributed by atoms with van der Waals surface area (Å²) >= 11 is 0. The fourth-order valence-corrected chi connectivity index (χ4v) is 1.22. The van der Waals surface area contributed by atoms with E-state index in [0.717, 1.165) is 11.4 Å². The molecule has 1 aromatic rings. The van der Waals surface area contributed by atoms with Gasteiger partial charge in [-0.05, 0) is 20.0 Å². The number of nitrogens with zero attached hydrogens (tertiary/aromatic N) is 3. The van der Waals surface area contributed by atoms with Crippen LogP contribution >= 0.6 is 0 Å². The fourth-order valence-electron chi connectivity index (χ4n) is 1.22. The number of rotatable bonds is 5. The first-order valence-electron chi connectivity index (χ1n) is 4.62. The minimum absolute atomic E-state index is 0.228. The van der Waals surface area contributed by atoms with Crippen molar-refractivity contribution in [2.24, 2.45) is 4.99 Å². The van der Waals surface area contributed by atoms with Gasteiger partial charge in [-0.15, -0.1) is 0 Å². The molecule has 0 aromatic carbocycles. The van der Waals surface area contributed by atoms with Gasteiger partial charge in [0, 0.05) is 12.3 Å². The minimum atomic E-state index is 0.228. The van der Waals surface area contributed by atoms with Crippen LogP contribution in [0.1, 0.15) is 25.5 Å². The Balaban J connectivity index is 3.10. The van der Waals surface area contributed by atoms with E-state index in [9.17, 15) is 4.79 Å². The van der Waals surface area contributed by atoms with E-state index in [1.807, 2.05) is 13.8 Å². The van der Waals surface area contributed by atoms with E-state index >= 15 is 0 Å². The lowest BCUT2D eigenvalue weighted by atomic mass is 10.3. The fraction of sp³-hybridized carbons (Fsp3) is 0.300. The van der Waals surface area contributed by atoms with E-state index in [1.54, 1.807) is 17.1 Å². The second-order valence-corrected chi connectivity index (χ2v) is 3.22. The standard InChI is InChI=1S/C10H14N4O/c1-4-12-10-9(5-11-7-15)6-13-14(10)8(2)3/h4-8,12H,1H2,2-3H3. The van der Waals surface area contributed by atoms with Crippen molar-refractivity contribution in [3.05, 3.63) is 24.5 Å². The molecule has 0 bridgehead atoms. The van der Waals surface area contributed by atoms with Gasteiger partial charge < -0.3 is 5.32 Å². The maximum atomic E-state index is 10.1. The van der Waals surface area contributed by atoms with E-state index < -0.39 is 0 Å². The molecule has 0 saturated carbocycles. The average Bonchev–Trinajstić information content (AvgIpc) is 2.59. The molecular formula is C10H14N4O. The van der Waals surface area contributed by atoms with Crippen molar-refractivity contribution in [1.82, 2.24) is 9.78 Å². The van der Waals surface area contributed by atoms with Crippen LogP contribution in [-0.4, -0.2) is 22.4 Å². The highest BCUT2D eigenvalue weighted by atomic mass is 16.1. The molecule has 0 saturated heterocycles. The minimum Gasteiger partial charge on any atom is -0.347 e. The Morgan fingerprint density at radius 2 is 2.40 bits per heavy atom. The number of aliphatic imine (C=N–C) groups is 1. The molecule has 1 heterocycles. The van der Waals surface area contributed by atoms with Gasteiger partial charge in [0.1, 0.15) is 5.82 Å². The van der Waals surface area contributed by atoms with E-state index in [1.165, 1.54) is 6.21 Å². The third kappa shape index (κ3) is 2.52. The van der Waals surface area contributed by atoms with Crippen LogP contribution in [0.4, 0.5) is 5.82 Å². The van der Waals surface area contributed by atoms with E-state index in [4.69, 9.17) is 0 Å². The Morgan fingerprint density at radius 3 is 2.93 bits per heavy atom. The van der Waals surface area contributed by atoms with Gasteiger partial charge in [-0.25, -0.2) is 9.67 Å². The molecular weight excluding hydrogens is 192 g/mol. The number of nitrogens with one attached hydrogen (secondary N) is 1. The average molecular weight is 206 g/mol. The first-order valence-corrected chi connectivity index (χ1v) is 4.62. The highest BCUT2D eigenvalue weighted by Crippen LogP contribution is 2.17. The van der Waals surface area contributed by atoms with Crippen molar-refractivity contribution >= 4 is 18.4 Å². The zero-order valence-corrected chi connectivity index (χ0v) is 8.84. The summed E-state index contributed by atoms with van der Waals surface area (Å²) in [6, 6.07) is 0.228. The van der Waals surface area contributed by atoms with Crippen LogP contribution in [0.25, 0.3) is 0 Å². The van der Waals surface area contributed by atoms with Gasteiger partial charge in [0.05, 0.1) is 11.8 Å². The molecule has 0 spiro atoms. The van der Waals surface area contributed by atoms with Gasteiger partial charge in [-0.3, -0.25) is 4.79 Å². The monoisotopic (exact) mass is 206 g/mol. The molecule has 0 aliphatic rings. The topological polar surface area (TPSA) is 59.3 Å². The number of carbonyl (C=O) groups excluding carboxylic acids is 1. The second kappa shape index (κ2) is 5.09. The molecule has 5 nitrogen and oxygen atoms in total. The van der Waals surface area contributed by atoms with Crippen LogP contribution in [0.2, 0.25) is 0 Å². The van der Waals surface area contributed by atoms with Crippen LogP contribution in [0.15, 0.2) is 24.0 Å². The van der Waals surface area contributed by atoms with Crippen LogP contribution in [0.3, 0.4) is 0 Å². The Labute approximate surface area is 88.5 Å². The number of amides is 1. The molecule has 0 radical (unpaired) electrons. The summed E-state index contributed by atoms with van der Waals surface area (Å²) in [7, 11) is 0. The maximum absolute atomic E-state index is 10.1.